The van der Waals surface area contributed by atoms with Gasteiger partial charge >= 0.3 is 0 Å². The van der Waals surface area contributed by atoms with Gasteiger partial charge < -0.3 is 4.74 Å². The molecule has 1 aromatic carbocycles. The molecule has 0 fully saturated rings. The maximum absolute atomic E-state index is 8.80. The Morgan fingerprint density at radius 3 is 2.72 bits per heavy atom. The standard InChI is InChI=1S/C13H8Cl2N2O/c14-11-4-2-1-3-10(11)8-18-13-6-9(7-16)5-12(15)17-13/h1-6H,8H2. The number of ether oxygens (including phenoxy) is 1. The van der Waals surface area contributed by atoms with Gasteiger partial charge in [-0.1, -0.05) is 41.4 Å². The maximum atomic E-state index is 8.80. The first kappa shape index (κ1) is 12.7. The van der Waals surface area contributed by atoms with Crippen LogP contribution in [0.25, 0.3) is 0 Å². The van der Waals surface area contributed by atoms with Crippen LogP contribution in [-0.4, -0.2) is 4.98 Å². The highest BCUT2D eigenvalue weighted by molar-refractivity contribution is 6.31. The molecule has 2 aromatic rings. The third kappa shape index (κ3) is 3.13. The first-order valence-electron chi connectivity index (χ1n) is 5.13. The molecule has 0 aliphatic carbocycles. The summed E-state index contributed by atoms with van der Waals surface area (Å²) in [5.41, 5.74) is 1.25. The van der Waals surface area contributed by atoms with Crippen molar-refractivity contribution in [2.45, 2.75) is 6.61 Å². The fourth-order valence-corrected chi connectivity index (χ4v) is 1.77. The number of rotatable bonds is 3. The van der Waals surface area contributed by atoms with E-state index in [0.29, 0.717) is 16.5 Å². The zero-order valence-electron chi connectivity index (χ0n) is 9.23. The van der Waals surface area contributed by atoms with E-state index in [9.17, 15) is 0 Å². The van der Waals surface area contributed by atoms with Crippen LogP contribution in [0, 0.1) is 11.3 Å². The molecule has 90 valence electrons. The van der Waals surface area contributed by atoms with Crippen LogP contribution in [-0.2, 0) is 6.61 Å². The van der Waals surface area contributed by atoms with E-state index >= 15 is 0 Å². The number of pyridine rings is 1. The largest absolute Gasteiger partial charge is 0.473 e. The molecule has 0 N–H and O–H groups in total. The van der Waals surface area contributed by atoms with Gasteiger partial charge in [0.2, 0.25) is 5.88 Å². The zero-order valence-corrected chi connectivity index (χ0v) is 10.7. The molecule has 2 rings (SSSR count). The number of halogens is 2. The third-order valence-corrected chi connectivity index (χ3v) is 2.80. The fourth-order valence-electron chi connectivity index (χ4n) is 1.38. The minimum absolute atomic E-state index is 0.225. The fraction of sp³-hybridized carbons (Fsp3) is 0.0769. The summed E-state index contributed by atoms with van der Waals surface area (Å²) >= 11 is 11.8. The highest BCUT2D eigenvalue weighted by Crippen LogP contribution is 2.19. The van der Waals surface area contributed by atoms with E-state index in [1.807, 2.05) is 24.3 Å². The van der Waals surface area contributed by atoms with E-state index < -0.39 is 0 Å². The van der Waals surface area contributed by atoms with Gasteiger partial charge in [-0.15, -0.1) is 0 Å². The Balaban J connectivity index is 2.14. The summed E-state index contributed by atoms with van der Waals surface area (Å²) < 4.78 is 5.47. The summed E-state index contributed by atoms with van der Waals surface area (Å²) in [6.07, 6.45) is 0. The normalized spacial score (nSPS) is 9.83. The van der Waals surface area contributed by atoms with Crippen LogP contribution in [0.5, 0.6) is 5.88 Å². The number of aromatic nitrogens is 1. The Morgan fingerprint density at radius 1 is 1.22 bits per heavy atom. The van der Waals surface area contributed by atoms with E-state index in [1.165, 1.54) is 12.1 Å². The topological polar surface area (TPSA) is 45.9 Å². The molecule has 1 aromatic heterocycles. The lowest BCUT2D eigenvalue weighted by molar-refractivity contribution is 0.294. The lowest BCUT2D eigenvalue weighted by Gasteiger charge is -2.07. The van der Waals surface area contributed by atoms with Gasteiger partial charge in [0.15, 0.2) is 0 Å². The van der Waals surface area contributed by atoms with Crippen molar-refractivity contribution >= 4 is 23.2 Å². The van der Waals surface area contributed by atoms with Crippen LogP contribution >= 0.6 is 23.2 Å². The van der Waals surface area contributed by atoms with Crippen LogP contribution in [0.15, 0.2) is 36.4 Å². The van der Waals surface area contributed by atoms with Gasteiger partial charge in [0.25, 0.3) is 0 Å². The summed E-state index contributed by atoms with van der Waals surface area (Å²) in [5.74, 6) is 0.305. The van der Waals surface area contributed by atoms with Crippen LogP contribution in [0.4, 0.5) is 0 Å². The maximum Gasteiger partial charge on any atom is 0.216 e. The molecule has 18 heavy (non-hydrogen) atoms. The predicted octanol–water partition coefficient (Wildman–Crippen LogP) is 3.84. The molecule has 0 aliphatic heterocycles. The summed E-state index contributed by atoms with van der Waals surface area (Å²) in [5, 5.41) is 9.65. The van der Waals surface area contributed by atoms with E-state index in [-0.39, 0.29) is 11.8 Å². The van der Waals surface area contributed by atoms with Crippen molar-refractivity contribution in [3.63, 3.8) is 0 Å². The molecule has 0 unspecified atom stereocenters. The second kappa shape index (κ2) is 5.72. The highest BCUT2D eigenvalue weighted by Gasteiger charge is 2.04. The Morgan fingerprint density at radius 2 is 2.00 bits per heavy atom. The number of hydrogen-bond acceptors (Lipinski definition) is 3. The van der Waals surface area contributed by atoms with Gasteiger partial charge in [-0.2, -0.15) is 5.26 Å². The molecular weight excluding hydrogens is 271 g/mol. The van der Waals surface area contributed by atoms with Crippen molar-refractivity contribution in [3.8, 4) is 11.9 Å². The molecule has 0 saturated heterocycles. The first-order chi connectivity index (χ1) is 8.69. The average Bonchev–Trinajstić information content (AvgIpc) is 2.37. The minimum atomic E-state index is 0.225. The molecule has 0 bridgehead atoms. The van der Waals surface area contributed by atoms with Crippen molar-refractivity contribution in [1.82, 2.24) is 4.98 Å². The molecule has 0 spiro atoms. The van der Waals surface area contributed by atoms with Crippen molar-refractivity contribution in [3.05, 3.63) is 57.7 Å². The molecule has 0 atom stereocenters. The van der Waals surface area contributed by atoms with Crippen molar-refractivity contribution in [2.24, 2.45) is 0 Å². The van der Waals surface area contributed by atoms with Gasteiger partial charge in [0, 0.05) is 16.7 Å². The van der Waals surface area contributed by atoms with E-state index in [4.69, 9.17) is 33.2 Å². The average molecular weight is 279 g/mol. The smallest absolute Gasteiger partial charge is 0.216 e. The van der Waals surface area contributed by atoms with Crippen LogP contribution in [0.1, 0.15) is 11.1 Å². The summed E-state index contributed by atoms with van der Waals surface area (Å²) in [7, 11) is 0. The summed E-state index contributed by atoms with van der Waals surface area (Å²) in [4.78, 5) is 3.98. The minimum Gasteiger partial charge on any atom is -0.473 e. The van der Waals surface area contributed by atoms with Crippen LogP contribution in [0.2, 0.25) is 10.2 Å². The summed E-state index contributed by atoms with van der Waals surface area (Å²) in [6.45, 7) is 0.276. The van der Waals surface area contributed by atoms with Crippen molar-refractivity contribution in [1.29, 1.82) is 5.26 Å². The first-order valence-corrected chi connectivity index (χ1v) is 5.88. The Kier molecular flexibility index (Phi) is 4.03. The Labute approximate surface area is 115 Å². The van der Waals surface area contributed by atoms with E-state index in [2.05, 4.69) is 4.98 Å². The quantitative estimate of drug-likeness (QED) is 0.802. The molecule has 0 aliphatic rings. The predicted molar refractivity (Wildman–Crippen MR) is 69.7 cm³/mol. The molecule has 0 radical (unpaired) electrons. The van der Waals surface area contributed by atoms with Gasteiger partial charge in [0.1, 0.15) is 11.8 Å². The monoisotopic (exact) mass is 278 g/mol. The van der Waals surface area contributed by atoms with Gasteiger partial charge in [-0.3, -0.25) is 0 Å². The Bertz CT molecular complexity index is 608. The second-order valence-electron chi connectivity index (χ2n) is 3.51. The SMILES string of the molecule is N#Cc1cc(Cl)nc(OCc2ccccc2Cl)c1. The molecule has 0 saturated carbocycles. The number of nitriles is 1. The van der Waals surface area contributed by atoms with Crippen molar-refractivity contribution < 1.29 is 4.74 Å². The molecule has 0 amide bonds. The lowest BCUT2D eigenvalue weighted by atomic mass is 10.2. The number of benzene rings is 1. The molecular formula is C13H8Cl2N2O. The second-order valence-corrected chi connectivity index (χ2v) is 4.30. The van der Waals surface area contributed by atoms with Gasteiger partial charge in [0.05, 0.1) is 11.6 Å². The molecule has 3 nitrogen and oxygen atoms in total. The summed E-state index contributed by atoms with van der Waals surface area (Å²) in [6, 6.07) is 12.4. The third-order valence-electron chi connectivity index (χ3n) is 2.23. The zero-order chi connectivity index (χ0) is 13.0. The van der Waals surface area contributed by atoms with Crippen LogP contribution in [0.3, 0.4) is 0 Å². The van der Waals surface area contributed by atoms with Gasteiger partial charge in [-0.05, 0) is 12.1 Å². The number of nitrogens with zero attached hydrogens (tertiary/aromatic N) is 2. The Hall–Kier alpha value is -1.76. The van der Waals surface area contributed by atoms with Gasteiger partial charge in [-0.25, -0.2) is 4.98 Å². The lowest BCUT2D eigenvalue weighted by Crippen LogP contribution is -1.98. The van der Waals surface area contributed by atoms with E-state index in [1.54, 1.807) is 6.07 Å². The number of hydrogen-bond donors (Lipinski definition) is 0. The highest BCUT2D eigenvalue weighted by atomic mass is 35.5. The van der Waals surface area contributed by atoms with E-state index in [0.717, 1.165) is 5.56 Å². The molecule has 5 heteroatoms. The van der Waals surface area contributed by atoms with Crippen LogP contribution < -0.4 is 4.74 Å². The molecule has 1 heterocycles. The van der Waals surface area contributed by atoms with Crippen molar-refractivity contribution in [2.75, 3.05) is 0 Å².